The van der Waals surface area contributed by atoms with Crippen LogP contribution < -0.4 is 15.0 Å². The number of hydrogen-bond acceptors (Lipinski definition) is 4. The summed E-state index contributed by atoms with van der Waals surface area (Å²) in [6.07, 6.45) is 1.77. The van der Waals surface area contributed by atoms with Crippen molar-refractivity contribution in [3.63, 3.8) is 0 Å². The summed E-state index contributed by atoms with van der Waals surface area (Å²) in [5, 5.41) is 3.18. The van der Waals surface area contributed by atoms with Crippen molar-refractivity contribution in [1.29, 1.82) is 0 Å². The van der Waals surface area contributed by atoms with Crippen LogP contribution in [0.5, 0.6) is 5.88 Å². The van der Waals surface area contributed by atoms with Gasteiger partial charge in [-0.05, 0) is 25.6 Å². The Morgan fingerprint density at radius 3 is 2.94 bits per heavy atom. The van der Waals surface area contributed by atoms with Crippen molar-refractivity contribution in [3.8, 4) is 5.88 Å². The van der Waals surface area contributed by atoms with Gasteiger partial charge in [0.1, 0.15) is 0 Å². The van der Waals surface area contributed by atoms with E-state index in [0.717, 1.165) is 18.8 Å². The molecule has 1 rings (SSSR count). The van der Waals surface area contributed by atoms with E-state index in [-0.39, 0.29) is 0 Å². The lowest BCUT2D eigenvalue weighted by molar-refractivity contribution is 0.398. The molecule has 0 spiro atoms. The van der Waals surface area contributed by atoms with Crippen LogP contribution in [0.3, 0.4) is 0 Å². The zero-order valence-corrected chi connectivity index (χ0v) is 10.5. The molecule has 1 unspecified atom stereocenters. The topological polar surface area (TPSA) is 37.4 Å². The molecule has 1 heterocycles. The van der Waals surface area contributed by atoms with Crippen molar-refractivity contribution in [1.82, 2.24) is 10.3 Å². The molecule has 90 valence electrons. The molecule has 0 aromatic carbocycles. The first-order valence-electron chi connectivity index (χ1n) is 5.53. The molecule has 0 amide bonds. The second-order valence-corrected chi connectivity index (χ2v) is 4.10. The minimum atomic E-state index is 0.606. The molecule has 0 aliphatic heterocycles. The van der Waals surface area contributed by atoms with Crippen LogP contribution in [0.15, 0.2) is 18.3 Å². The van der Waals surface area contributed by atoms with E-state index < -0.39 is 0 Å². The Labute approximate surface area is 97.6 Å². The van der Waals surface area contributed by atoms with Gasteiger partial charge >= 0.3 is 0 Å². The summed E-state index contributed by atoms with van der Waals surface area (Å²) >= 11 is 0. The van der Waals surface area contributed by atoms with Gasteiger partial charge in [-0.1, -0.05) is 6.92 Å². The van der Waals surface area contributed by atoms with Crippen molar-refractivity contribution < 1.29 is 4.74 Å². The van der Waals surface area contributed by atoms with Crippen LogP contribution in [0.4, 0.5) is 5.69 Å². The maximum Gasteiger partial charge on any atom is 0.214 e. The van der Waals surface area contributed by atoms with Crippen LogP contribution in [0.1, 0.15) is 6.92 Å². The Balaban J connectivity index is 2.61. The summed E-state index contributed by atoms with van der Waals surface area (Å²) in [4.78, 5) is 6.31. The van der Waals surface area contributed by atoms with Gasteiger partial charge in [-0.15, -0.1) is 0 Å². The second kappa shape index (κ2) is 6.33. The van der Waals surface area contributed by atoms with Gasteiger partial charge < -0.3 is 15.0 Å². The van der Waals surface area contributed by atoms with Crippen molar-refractivity contribution in [2.75, 3.05) is 39.2 Å². The van der Waals surface area contributed by atoms with Crippen LogP contribution >= 0.6 is 0 Å². The summed E-state index contributed by atoms with van der Waals surface area (Å²) < 4.78 is 5.11. The average Bonchev–Trinajstić information content (AvgIpc) is 2.29. The van der Waals surface area contributed by atoms with Crippen LogP contribution in [-0.2, 0) is 0 Å². The minimum absolute atomic E-state index is 0.606. The number of pyridine rings is 1. The summed E-state index contributed by atoms with van der Waals surface area (Å²) in [7, 11) is 5.70. The van der Waals surface area contributed by atoms with Gasteiger partial charge in [-0.25, -0.2) is 4.98 Å². The summed E-state index contributed by atoms with van der Waals surface area (Å²) in [6, 6.07) is 3.95. The van der Waals surface area contributed by atoms with Gasteiger partial charge in [0.05, 0.1) is 7.11 Å². The van der Waals surface area contributed by atoms with E-state index in [0.29, 0.717) is 11.8 Å². The second-order valence-electron chi connectivity index (χ2n) is 4.10. The normalized spacial score (nSPS) is 12.2. The molecule has 0 fully saturated rings. The molecule has 4 nitrogen and oxygen atoms in total. The Kier molecular flexibility index (Phi) is 5.05. The van der Waals surface area contributed by atoms with E-state index >= 15 is 0 Å². The molecule has 0 radical (unpaired) electrons. The maximum atomic E-state index is 5.11. The van der Waals surface area contributed by atoms with E-state index in [1.165, 1.54) is 0 Å². The number of anilines is 1. The zero-order chi connectivity index (χ0) is 12.0. The highest BCUT2D eigenvalue weighted by Crippen LogP contribution is 2.17. The fourth-order valence-corrected chi connectivity index (χ4v) is 1.73. The van der Waals surface area contributed by atoms with Gasteiger partial charge in [0, 0.05) is 31.5 Å². The van der Waals surface area contributed by atoms with Gasteiger partial charge in [0.25, 0.3) is 0 Å². The summed E-state index contributed by atoms with van der Waals surface area (Å²) in [5.74, 6) is 1.26. The Morgan fingerprint density at radius 2 is 2.31 bits per heavy atom. The van der Waals surface area contributed by atoms with Gasteiger partial charge in [-0.3, -0.25) is 0 Å². The molecule has 0 bridgehead atoms. The van der Waals surface area contributed by atoms with E-state index in [1.807, 2.05) is 19.2 Å². The third-order valence-electron chi connectivity index (χ3n) is 2.51. The highest BCUT2D eigenvalue weighted by atomic mass is 16.5. The first kappa shape index (κ1) is 12.8. The number of aromatic nitrogens is 1. The molecule has 0 aliphatic rings. The quantitative estimate of drug-likeness (QED) is 0.790. The fraction of sp³-hybridized carbons (Fsp3) is 0.583. The number of nitrogens with zero attached hydrogens (tertiary/aromatic N) is 2. The Bertz CT molecular complexity index is 317. The van der Waals surface area contributed by atoms with E-state index in [1.54, 1.807) is 13.3 Å². The number of hydrogen-bond donors (Lipinski definition) is 1. The molecular formula is C12H21N3O. The highest BCUT2D eigenvalue weighted by molar-refractivity contribution is 5.47. The molecule has 1 atom stereocenters. The lowest BCUT2D eigenvalue weighted by Gasteiger charge is -2.23. The first-order valence-corrected chi connectivity index (χ1v) is 5.53. The third kappa shape index (κ3) is 3.70. The van der Waals surface area contributed by atoms with Crippen molar-refractivity contribution in [2.45, 2.75) is 6.92 Å². The molecule has 16 heavy (non-hydrogen) atoms. The lowest BCUT2D eigenvalue weighted by atomic mass is 10.1. The summed E-state index contributed by atoms with van der Waals surface area (Å²) in [5.41, 5.74) is 1.13. The van der Waals surface area contributed by atoms with Gasteiger partial charge in [-0.2, -0.15) is 0 Å². The molecule has 0 aliphatic carbocycles. The van der Waals surface area contributed by atoms with E-state index in [2.05, 4.69) is 29.2 Å². The molecule has 1 N–H and O–H groups in total. The zero-order valence-electron chi connectivity index (χ0n) is 10.5. The van der Waals surface area contributed by atoms with Crippen molar-refractivity contribution in [2.24, 2.45) is 5.92 Å². The van der Waals surface area contributed by atoms with Crippen LogP contribution in [0, 0.1) is 5.92 Å². The Hall–Kier alpha value is -1.29. The molecule has 0 saturated carbocycles. The molecular weight excluding hydrogens is 202 g/mol. The van der Waals surface area contributed by atoms with Crippen molar-refractivity contribution in [3.05, 3.63) is 18.3 Å². The molecule has 1 aromatic heterocycles. The Morgan fingerprint density at radius 1 is 1.56 bits per heavy atom. The van der Waals surface area contributed by atoms with Crippen molar-refractivity contribution >= 4 is 5.69 Å². The van der Waals surface area contributed by atoms with E-state index in [9.17, 15) is 0 Å². The first-order chi connectivity index (χ1) is 7.67. The number of ether oxygens (including phenoxy) is 1. The summed E-state index contributed by atoms with van der Waals surface area (Å²) in [6.45, 7) is 4.26. The van der Waals surface area contributed by atoms with Crippen LogP contribution in [-0.4, -0.2) is 39.3 Å². The predicted molar refractivity (Wildman–Crippen MR) is 67.1 cm³/mol. The number of rotatable bonds is 6. The number of methoxy groups -OCH3 is 1. The molecule has 1 aromatic rings. The van der Waals surface area contributed by atoms with E-state index in [4.69, 9.17) is 4.74 Å². The molecule has 0 saturated heterocycles. The third-order valence-corrected chi connectivity index (χ3v) is 2.51. The maximum absolute atomic E-state index is 5.11. The standard InChI is InChI=1S/C12H21N3O/c1-10(8-13-2)9-15(3)11-5-6-14-12(7-11)16-4/h5-7,10,13H,8-9H2,1-4H3. The highest BCUT2D eigenvalue weighted by Gasteiger charge is 2.07. The lowest BCUT2D eigenvalue weighted by Crippen LogP contribution is -2.29. The number of nitrogens with one attached hydrogen (secondary N) is 1. The monoisotopic (exact) mass is 223 g/mol. The van der Waals surface area contributed by atoms with Crippen LogP contribution in [0.2, 0.25) is 0 Å². The fourth-order valence-electron chi connectivity index (χ4n) is 1.73. The SMILES string of the molecule is CNCC(C)CN(C)c1ccnc(OC)c1. The average molecular weight is 223 g/mol. The van der Waals surface area contributed by atoms with Gasteiger partial charge in [0.15, 0.2) is 0 Å². The smallest absolute Gasteiger partial charge is 0.214 e. The molecule has 4 heteroatoms. The predicted octanol–water partition coefficient (Wildman–Crippen LogP) is 1.38. The largest absolute Gasteiger partial charge is 0.481 e. The van der Waals surface area contributed by atoms with Gasteiger partial charge in [0.2, 0.25) is 5.88 Å². The minimum Gasteiger partial charge on any atom is -0.481 e. The van der Waals surface area contributed by atoms with Crippen LogP contribution in [0.25, 0.3) is 0 Å².